The molecule has 0 radical (unpaired) electrons. The second kappa shape index (κ2) is 4.24. The normalized spacial score (nSPS) is 12.8. The molecule has 13 heavy (non-hydrogen) atoms. The maximum Gasteiger partial charge on any atom is 0.336 e. The van der Waals surface area contributed by atoms with E-state index >= 15 is 0 Å². The Bertz CT molecular complexity index is 182. The molecular weight excluding hydrogens is 184 g/mol. The quantitative estimate of drug-likeness (QED) is 0.520. The van der Waals surface area contributed by atoms with Crippen LogP contribution in [0.25, 0.3) is 0 Å². The molecule has 0 aromatic rings. The molecular formula is C9H20O3Si. The first-order valence-electron chi connectivity index (χ1n) is 4.56. The van der Waals surface area contributed by atoms with Crippen molar-refractivity contribution in [1.29, 1.82) is 0 Å². The van der Waals surface area contributed by atoms with Crippen LogP contribution in [0.2, 0.25) is 19.6 Å². The molecule has 0 saturated carbocycles. The molecule has 0 N–H and O–H groups in total. The summed E-state index contributed by atoms with van der Waals surface area (Å²) in [4.78, 5) is 11.4. The maximum atomic E-state index is 11.4. The number of carbonyl (C=O) groups excluding carboxylic acids is 1. The first-order valence-corrected chi connectivity index (χ1v) is 7.97. The predicted octanol–water partition coefficient (Wildman–Crippen LogP) is 2.18. The van der Waals surface area contributed by atoms with Gasteiger partial charge in [-0.2, -0.15) is 0 Å². The summed E-state index contributed by atoms with van der Waals surface area (Å²) >= 11 is 0. The van der Waals surface area contributed by atoms with Crippen LogP contribution in [0.3, 0.4) is 0 Å². The lowest BCUT2D eigenvalue weighted by molar-refractivity contribution is -0.159. The van der Waals surface area contributed by atoms with E-state index in [1.54, 1.807) is 20.8 Å². The van der Waals surface area contributed by atoms with Crippen LogP contribution < -0.4 is 0 Å². The van der Waals surface area contributed by atoms with Crippen molar-refractivity contribution in [2.45, 2.75) is 46.0 Å². The van der Waals surface area contributed by atoms with Gasteiger partial charge >= 0.3 is 5.97 Å². The molecule has 0 unspecified atom stereocenters. The topological polar surface area (TPSA) is 35.5 Å². The van der Waals surface area contributed by atoms with E-state index in [1.165, 1.54) is 0 Å². The van der Waals surface area contributed by atoms with Crippen molar-refractivity contribution < 1.29 is 14.0 Å². The van der Waals surface area contributed by atoms with Crippen LogP contribution in [-0.2, 0) is 14.0 Å². The van der Waals surface area contributed by atoms with Crippen LogP contribution in [0.4, 0.5) is 0 Å². The Balaban J connectivity index is 4.30. The average molecular weight is 204 g/mol. The molecule has 0 rings (SSSR count). The number of carbonyl (C=O) groups is 1. The van der Waals surface area contributed by atoms with Gasteiger partial charge in [0.25, 0.3) is 0 Å². The Morgan fingerprint density at radius 3 is 2.08 bits per heavy atom. The lowest BCUT2D eigenvalue weighted by Crippen LogP contribution is -2.45. The third-order valence-corrected chi connectivity index (χ3v) is 2.45. The van der Waals surface area contributed by atoms with Gasteiger partial charge in [-0.1, -0.05) is 0 Å². The van der Waals surface area contributed by atoms with Gasteiger partial charge in [0.15, 0.2) is 8.32 Å². The zero-order chi connectivity index (χ0) is 10.7. The van der Waals surface area contributed by atoms with Crippen LogP contribution >= 0.6 is 0 Å². The predicted molar refractivity (Wildman–Crippen MR) is 55.1 cm³/mol. The van der Waals surface area contributed by atoms with Crippen LogP contribution in [0.1, 0.15) is 20.8 Å². The highest BCUT2D eigenvalue weighted by molar-refractivity contribution is 6.70. The van der Waals surface area contributed by atoms with E-state index in [9.17, 15) is 4.79 Å². The van der Waals surface area contributed by atoms with Gasteiger partial charge in [-0.15, -0.1) is 0 Å². The smallest absolute Gasteiger partial charge is 0.336 e. The van der Waals surface area contributed by atoms with Gasteiger partial charge in [0.1, 0.15) is 5.60 Å². The molecule has 0 aliphatic carbocycles. The average Bonchev–Trinajstić information content (AvgIpc) is 1.82. The number of hydrogen-bond donors (Lipinski definition) is 0. The fourth-order valence-electron chi connectivity index (χ4n) is 1.11. The minimum atomic E-state index is -1.69. The molecule has 78 valence electrons. The summed E-state index contributed by atoms with van der Waals surface area (Å²) < 4.78 is 10.6. The molecule has 0 aromatic carbocycles. The van der Waals surface area contributed by atoms with Crippen molar-refractivity contribution in [1.82, 2.24) is 0 Å². The molecule has 0 aliphatic rings. The second-order valence-corrected chi connectivity index (χ2v) is 8.87. The van der Waals surface area contributed by atoms with E-state index in [0.717, 1.165) is 0 Å². The number of rotatable bonds is 4. The van der Waals surface area contributed by atoms with Crippen LogP contribution in [0.15, 0.2) is 0 Å². The fraction of sp³-hybridized carbons (Fsp3) is 0.889. The maximum absolute atomic E-state index is 11.4. The zero-order valence-electron chi connectivity index (χ0n) is 9.43. The van der Waals surface area contributed by atoms with E-state index < -0.39 is 13.9 Å². The molecule has 4 heteroatoms. The van der Waals surface area contributed by atoms with Gasteiger partial charge in [0.2, 0.25) is 0 Å². The molecule has 0 saturated heterocycles. The summed E-state index contributed by atoms with van der Waals surface area (Å²) in [5, 5.41) is 0. The molecule has 0 aliphatic heterocycles. The molecule has 0 atom stereocenters. The Kier molecular flexibility index (Phi) is 4.12. The third kappa shape index (κ3) is 5.05. The number of hydrogen-bond acceptors (Lipinski definition) is 3. The highest BCUT2D eigenvalue weighted by Crippen LogP contribution is 2.18. The third-order valence-electron chi connectivity index (χ3n) is 1.33. The summed E-state index contributed by atoms with van der Waals surface area (Å²) in [5.74, 6) is -0.280. The largest absolute Gasteiger partial charge is 0.464 e. The Labute approximate surface area is 81.6 Å². The van der Waals surface area contributed by atoms with Crippen molar-refractivity contribution in [2.75, 3.05) is 6.61 Å². The Morgan fingerprint density at radius 2 is 1.77 bits per heavy atom. The standard InChI is InChI=1S/C9H20O3Si/c1-7-11-8(10)9(2,3)12-13(4,5)6/h7H2,1-6H3. The van der Waals surface area contributed by atoms with E-state index in [0.29, 0.717) is 6.61 Å². The number of esters is 1. The first kappa shape index (κ1) is 12.6. The molecule has 0 spiro atoms. The van der Waals surface area contributed by atoms with Crippen LogP contribution in [0, 0.1) is 0 Å². The van der Waals surface area contributed by atoms with Gasteiger partial charge in [0.05, 0.1) is 6.61 Å². The summed E-state index contributed by atoms with van der Waals surface area (Å²) in [6, 6.07) is 0. The Hall–Kier alpha value is -0.353. The first-order chi connectivity index (χ1) is 5.69. The summed E-state index contributed by atoms with van der Waals surface area (Å²) in [7, 11) is -1.69. The minimum Gasteiger partial charge on any atom is -0.464 e. The zero-order valence-corrected chi connectivity index (χ0v) is 10.4. The molecule has 3 nitrogen and oxygen atoms in total. The molecule has 0 heterocycles. The van der Waals surface area contributed by atoms with Gasteiger partial charge in [-0.25, -0.2) is 4.79 Å². The van der Waals surface area contributed by atoms with Gasteiger partial charge < -0.3 is 9.16 Å². The van der Waals surface area contributed by atoms with Gasteiger partial charge in [-0.3, -0.25) is 0 Å². The van der Waals surface area contributed by atoms with Crippen LogP contribution in [-0.4, -0.2) is 26.5 Å². The molecule has 0 bridgehead atoms. The fourth-order valence-corrected chi connectivity index (χ4v) is 2.73. The molecule has 0 aromatic heterocycles. The van der Waals surface area contributed by atoms with Gasteiger partial charge in [0, 0.05) is 0 Å². The monoisotopic (exact) mass is 204 g/mol. The highest BCUT2D eigenvalue weighted by Gasteiger charge is 2.35. The van der Waals surface area contributed by atoms with Crippen molar-refractivity contribution in [2.24, 2.45) is 0 Å². The summed E-state index contributed by atoms with van der Waals surface area (Å²) in [5.41, 5.74) is -0.805. The second-order valence-electron chi connectivity index (χ2n) is 4.45. The van der Waals surface area contributed by atoms with E-state index in [1.807, 2.05) is 19.6 Å². The van der Waals surface area contributed by atoms with E-state index in [-0.39, 0.29) is 5.97 Å². The molecule has 0 fully saturated rings. The minimum absolute atomic E-state index is 0.280. The SMILES string of the molecule is CCOC(=O)C(C)(C)O[Si](C)(C)C. The summed E-state index contributed by atoms with van der Waals surface area (Å²) in [6.45, 7) is 11.8. The molecule has 0 amide bonds. The van der Waals surface area contributed by atoms with E-state index in [4.69, 9.17) is 9.16 Å². The highest BCUT2D eigenvalue weighted by atomic mass is 28.4. The van der Waals surface area contributed by atoms with Crippen molar-refractivity contribution in [3.8, 4) is 0 Å². The lowest BCUT2D eigenvalue weighted by atomic mass is 10.1. The van der Waals surface area contributed by atoms with Crippen molar-refractivity contribution in [3.05, 3.63) is 0 Å². The van der Waals surface area contributed by atoms with Crippen molar-refractivity contribution >= 4 is 14.3 Å². The van der Waals surface area contributed by atoms with Gasteiger partial charge in [-0.05, 0) is 40.4 Å². The van der Waals surface area contributed by atoms with E-state index in [2.05, 4.69) is 0 Å². The van der Waals surface area contributed by atoms with Crippen LogP contribution in [0.5, 0.6) is 0 Å². The Morgan fingerprint density at radius 1 is 1.31 bits per heavy atom. The lowest BCUT2D eigenvalue weighted by Gasteiger charge is -2.30. The number of ether oxygens (including phenoxy) is 1. The summed E-state index contributed by atoms with van der Waals surface area (Å²) in [6.07, 6.45) is 0. The van der Waals surface area contributed by atoms with Crippen molar-refractivity contribution in [3.63, 3.8) is 0 Å².